The van der Waals surface area contributed by atoms with E-state index in [4.69, 9.17) is 4.98 Å². The number of aromatic nitrogens is 3. The van der Waals surface area contributed by atoms with Gasteiger partial charge in [0, 0.05) is 44.2 Å². The summed E-state index contributed by atoms with van der Waals surface area (Å²) in [6.45, 7) is 3.23. The van der Waals surface area contributed by atoms with Gasteiger partial charge in [0.05, 0.1) is 11.2 Å². The number of para-hydroxylation sites is 1. The minimum atomic E-state index is -0.331. The number of carbonyl (C=O) groups is 1. The number of hydrogen-bond acceptors (Lipinski definition) is 4. The van der Waals surface area contributed by atoms with Crippen LogP contribution in [0.15, 0.2) is 24.4 Å². The van der Waals surface area contributed by atoms with Crippen molar-refractivity contribution < 1.29 is 9.18 Å². The van der Waals surface area contributed by atoms with Crippen LogP contribution >= 0.6 is 0 Å². The van der Waals surface area contributed by atoms with Crippen molar-refractivity contribution in [1.29, 1.82) is 0 Å². The third-order valence-electron chi connectivity index (χ3n) is 6.75. The van der Waals surface area contributed by atoms with Crippen molar-refractivity contribution >= 4 is 22.8 Å². The highest BCUT2D eigenvalue weighted by atomic mass is 19.1. The Labute approximate surface area is 175 Å². The molecule has 156 valence electrons. The van der Waals surface area contributed by atoms with Crippen LogP contribution in [-0.2, 0) is 11.8 Å². The molecule has 30 heavy (non-hydrogen) atoms. The van der Waals surface area contributed by atoms with E-state index in [1.165, 1.54) is 11.6 Å². The van der Waals surface area contributed by atoms with Gasteiger partial charge in [-0.25, -0.2) is 14.4 Å². The molecule has 3 aromatic rings. The molecule has 1 aliphatic heterocycles. The zero-order valence-corrected chi connectivity index (χ0v) is 17.6. The van der Waals surface area contributed by atoms with Gasteiger partial charge in [0.2, 0.25) is 5.95 Å². The van der Waals surface area contributed by atoms with Gasteiger partial charge in [-0.15, -0.1) is 0 Å². The summed E-state index contributed by atoms with van der Waals surface area (Å²) in [5.41, 5.74) is 3.86. The molecule has 6 nitrogen and oxygen atoms in total. The standard InChI is InChI=1S/C23H26FN5O/c1-14-16-6-4-7-17(24)19(16)26-18(14)21(30)29-11-5-9-23(13-29)10-8-15-12-25-22(28(2)3)27-20(15)23/h4,6-7,12,26H,5,8-11,13H2,1-3H3. The molecule has 0 radical (unpaired) electrons. The molecule has 0 saturated carbocycles. The number of carbonyl (C=O) groups excluding carboxylic acids is 1. The van der Waals surface area contributed by atoms with Crippen molar-refractivity contribution in [1.82, 2.24) is 19.9 Å². The first kappa shape index (κ1) is 19.0. The van der Waals surface area contributed by atoms with Gasteiger partial charge in [0.1, 0.15) is 11.5 Å². The molecule has 1 aromatic carbocycles. The van der Waals surface area contributed by atoms with Gasteiger partial charge in [-0.05, 0) is 49.8 Å². The summed E-state index contributed by atoms with van der Waals surface area (Å²) in [6, 6.07) is 4.95. The number of aromatic amines is 1. The second-order valence-corrected chi connectivity index (χ2v) is 8.84. The van der Waals surface area contributed by atoms with Crippen molar-refractivity contribution in [3.8, 4) is 0 Å². The maximum atomic E-state index is 14.2. The molecule has 1 aliphatic carbocycles. The number of nitrogens with one attached hydrogen (secondary N) is 1. The molecular formula is C23H26FN5O. The van der Waals surface area contributed by atoms with Crippen LogP contribution in [0.1, 0.15) is 46.6 Å². The number of nitrogens with zero attached hydrogens (tertiary/aromatic N) is 4. The van der Waals surface area contributed by atoms with Gasteiger partial charge in [0.15, 0.2) is 0 Å². The molecule has 0 bridgehead atoms. The van der Waals surface area contributed by atoms with Gasteiger partial charge < -0.3 is 14.8 Å². The lowest BCUT2D eigenvalue weighted by Crippen LogP contribution is -2.48. The summed E-state index contributed by atoms with van der Waals surface area (Å²) >= 11 is 0. The Bertz CT molecular complexity index is 1150. The Morgan fingerprint density at radius 2 is 2.13 bits per heavy atom. The number of aryl methyl sites for hydroxylation is 2. The zero-order valence-electron chi connectivity index (χ0n) is 17.6. The maximum Gasteiger partial charge on any atom is 0.270 e. The second kappa shape index (κ2) is 6.79. The molecule has 7 heteroatoms. The van der Waals surface area contributed by atoms with Crippen LogP contribution in [-0.4, -0.2) is 52.9 Å². The normalized spacial score (nSPS) is 20.7. The van der Waals surface area contributed by atoms with Crippen LogP contribution in [0.2, 0.25) is 0 Å². The molecule has 1 amide bonds. The molecular weight excluding hydrogens is 381 g/mol. The lowest BCUT2D eigenvalue weighted by Gasteiger charge is -2.40. The molecule has 1 fully saturated rings. The Hall–Kier alpha value is -2.96. The summed E-state index contributed by atoms with van der Waals surface area (Å²) in [6.07, 6.45) is 5.82. The van der Waals surface area contributed by atoms with E-state index in [1.54, 1.807) is 6.07 Å². The molecule has 2 aromatic heterocycles. The molecule has 1 atom stereocenters. The SMILES string of the molecule is Cc1c(C(=O)N2CCCC3(CCc4cnc(N(C)C)nc43)C2)[nH]c2c(F)cccc12. The third kappa shape index (κ3) is 2.79. The summed E-state index contributed by atoms with van der Waals surface area (Å²) < 4.78 is 14.2. The monoisotopic (exact) mass is 407 g/mol. The second-order valence-electron chi connectivity index (χ2n) is 8.84. The van der Waals surface area contributed by atoms with Crippen molar-refractivity contribution in [2.45, 2.75) is 38.0 Å². The van der Waals surface area contributed by atoms with E-state index in [9.17, 15) is 9.18 Å². The molecule has 1 N–H and O–H groups in total. The Kier molecular flexibility index (Phi) is 4.31. The number of fused-ring (bicyclic) bond motifs is 3. The first-order valence-corrected chi connectivity index (χ1v) is 10.5. The van der Waals surface area contributed by atoms with E-state index in [-0.39, 0.29) is 17.1 Å². The highest BCUT2D eigenvalue weighted by molar-refractivity contribution is 6.01. The van der Waals surface area contributed by atoms with Gasteiger partial charge in [-0.1, -0.05) is 12.1 Å². The largest absolute Gasteiger partial charge is 0.348 e. The summed E-state index contributed by atoms with van der Waals surface area (Å²) in [5.74, 6) is 0.320. The summed E-state index contributed by atoms with van der Waals surface area (Å²) in [4.78, 5) is 29.7. The number of H-pyrrole nitrogens is 1. The Morgan fingerprint density at radius 3 is 2.90 bits per heavy atom. The summed E-state index contributed by atoms with van der Waals surface area (Å²) in [7, 11) is 3.88. The average molecular weight is 407 g/mol. The minimum absolute atomic E-state index is 0.0579. The van der Waals surface area contributed by atoms with E-state index in [0.717, 1.165) is 42.3 Å². The van der Waals surface area contributed by atoms with Crippen molar-refractivity contribution in [3.63, 3.8) is 0 Å². The topological polar surface area (TPSA) is 65.1 Å². The van der Waals surface area contributed by atoms with E-state index >= 15 is 0 Å². The molecule has 3 heterocycles. The van der Waals surface area contributed by atoms with E-state index < -0.39 is 0 Å². The number of hydrogen-bond donors (Lipinski definition) is 1. The molecule has 1 saturated heterocycles. The molecule has 5 rings (SSSR count). The quantitative estimate of drug-likeness (QED) is 0.705. The first-order valence-electron chi connectivity index (χ1n) is 10.5. The molecule has 1 unspecified atom stereocenters. The van der Waals surface area contributed by atoms with Crippen LogP contribution in [0.5, 0.6) is 0 Å². The summed E-state index contributed by atoms with van der Waals surface area (Å²) in [5, 5.41) is 0.764. The zero-order chi connectivity index (χ0) is 21.0. The number of rotatable bonds is 2. The highest BCUT2D eigenvalue weighted by Crippen LogP contribution is 2.44. The predicted molar refractivity (Wildman–Crippen MR) is 114 cm³/mol. The van der Waals surface area contributed by atoms with E-state index in [2.05, 4.69) is 9.97 Å². The van der Waals surface area contributed by atoms with Crippen LogP contribution in [0.3, 0.4) is 0 Å². The van der Waals surface area contributed by atoms with Crippen LogP contribution in [0, 0.1) is 12.7 Å². The van der Waals surface area contributed by atoms with Gasteiger partial charge in [-0.3, -0.25) is 4.79 Å². The third-order valence-corrected chi connectivity index (χ3v) is 6.75. The van der Waals surface area contributed by atoms with Crippen LogP contribution < -0.4 is 4.90 Å². The maximum absolute atomic E-state index is 14.2. The first-order chi connectivity index (χ1) is 14.4. The average Bonchev–Trinajstić information content (AvgIpc) is 3.26. The predicted octanol–water partition coefficient (Wildman–Crippen LogP) is 3.59. The van der Waals surface area contributed by atoms with E-state index in [0.29, 0.717) is 30.2 Å². The smallest absolute Gasteiger partial charge is 0.270 e. The van der Waals surface area contributed by atoms with Crippen LogP contribution in [0.4, 0.5) is 10.3 Å². The minimum Gasteiger partial charge on any atom is -0.348 e. The fourth-order valence-electron chi connectivity index (χ4n) is 5.14. The number of likely N-dealkylation sites (tertiary alicyclic amines) is 1. The Morgan fingerprint density at radius 1 is 1.30 bits per heavy atom. The lowest BCUT2D eigenvalue weighted by molar-refractivity contribution is 0.0628. The van der Waals surface area contributed by atoms with Crippen molar-refractivity contribution in [2.24, 2.45) is 0 Å². The number of piperidine rings is 1. The van der Waals surface area contributed by atoms with Crippen molar-refractivity contribution in [2.75, 3.05) is 32.1 Å². The van der Waals surface area contributed by atoms with Gasteiger partial charge in [0.25, 0.3) is 5.91 Å². The fraction of sp³-hybridized carbons (Fsp3) is 0.435. The number of anilines is 1. The Balaban J connectivity index is 1.49. The molecule has 1 spiro atoms. The number of amides is 1. The van der Waals surface area contributed by atoms with Gasteiger partial charge >= 0.3 is 0 Å². The van der Waals surface area contributed by atoms with E-state index in [1.807, 2.05) is 43.1 Å². The lowest BCUT2D eigenvalue weighted by atomic mass is 9.77. The van der Waals surface area contributed by atoms with Crippen LogP contribution in [0.25, 0.3) is 10.9 Å². The fourth-order valence-corrected chi connectivity index (χ4v) is 5.14. The van der Waals surface area contributed by atoms with Crippen molar-refractivity contribution in [3.05, 3.63) is 52.7 Å². The van der Waals surface area contributed by atoms with Gasteiger partial charge in [-0.2, -0.15) is 0 Å². The molecule has 2 aliphatic rings. The number of benzene rings is 1. The highest BCUT2D eigenvalue weighted by Gasteiger charge is 2.45. The number of halogens is 1.